The van der Waals surface area contributed by atoms with Gasteiger partial charge in [0.2, 0.25) is 0 Å². The van der Waals surface area contributed by atoms with Gasteiger partial charge < -0.3 is 14.6 Å². The van der Waals surface area contributed by atoms with Crippen LogP contribution in [0.5, 0.6) is 5.75 Å². The van der Waals surface area contributed by atoms with Crippen molar-refractivity contribution in [3.05, 3.63) is 68.4 Å². The van der Waals surface area contributed by atoms with Crippen LogP contribution in [0.1, 0.15) is 37.5 Å². The minimum atomic E-state index is -1.80. The van der Waals surface area contributed by atoms with E-state index in [1.54, 1.807) is 6.92 Å². The number of hydrogen-bond donors (Lipinski definition) is 3. The van der Waals surface area contributed by atoms with Gasteiger partial charge in [0, 0.05) is 24.3 Å². The van der Waals surface area contributed by atoms with E-state index in [1.165, 1.54) is 66.4 Å². The normalized spacial score (nSPS) is 12.6. The SMILES string of the molecule is COc1ccc(F)cc1[C@H](Cn1c(=O)n(C(C)(C)C(=O)NO)c(=O)c2c(C)c(-n3nccn3)sc21)OCCCO. The zero-order chi connectivity index (χ0) is 29.2. The van der Waals surface area contributed by atoms with Crippen molar-refractivity contribution < 1.29 is 29.0 Å². The maximum Gasteiger partial charge on any atom is 0.333 e. The lowest BCUT2D eigenvalue weighted by atomic mass is 10.0. The molecule has 0 unspecified atom stereocenters. The highest BCUT2D eigenvalue weighted by Crippen LogP contribution is 2.34. The summed E-state index contributed by atoms with van der Waals surface area (Å²) >= 11 is 1.09. The molecule has 0 saturated carbocycles. The number of ether oxygens (including phenoxy) is 2. The quantitative estimate of drug-likeness (QED) is 0.137. The van der Waals surface area contributed by atoms with E-state index in [-0.39, 0.29) is 36.4 Å². The summed E-state index contributed by atoms with van der Waals surface area (Å²) < 4.78 is 27.8. The fourth-order valence-corrected chi connectivity index (χ4v) is 5.61. The van der Waals surface area contributed by atoms with E-state index in [2.05, 4.69) is 10.2 Å². The Labute approximate surface area is 231 Å². The van der Waals surface area contributed by atoms with Crippen LogP contribution >= 0.6 is 11.3 Å². The molecule has 3 heterocycles. The summed E-state index contributed by atoms with van der Waals surface area (Å²) in [6, 6.07) is 3.88. The molecule has 0 aliphatic heterocycles. The number of aryl methyl sites for hydroxylation is 1. The molecule has 1 atom stereocenters. The predicted octanol–water partition coefficient (Wildman–Crippen LogP) is 1.64. The van der Waals surface area contributed by atoms with Crippen LogP contribution in [0.4, 0.5) is 4.39 Å². The Bertz CT molecular complexity index is 1640. The number of aliphatic hydroxyl groups is 1. The Morgan fingerprint density at radius 1 is 1.25 bits per heavy atom. The third-order valence-electron chi connectivity index (χ3n) is 6.51. The number of fused-ring (bicyclic) bond motifs is 1. The average molecular weight is 577 g/mol. The van der Waals surface area contributed by atoms with Crippen molar-refractivity contribution in [1.29, 1.82) is 0 Å². The molecule has 0 saturated heterocycles. The summed E-state index contributed by atoms with van der Waals surface area (Å²) in [7, 11) is 1.41. The van der Waals surface area contributed by atoms with Gasteiger partial charge >= 0.3 is 5.69 Å². The summed E-state index contributed by atoms with van der Waals surface area (Å²) in [5.41, 5.74) is -1.14. The number of rotatable bonds is 11. The molecule has 13 nitrogen and oxygen atoms in total. The highest BCUT2D eigenvalue weighted by molar-refractivity contribution is 7.21. The van der Waals surface area contributed by atoms with Gasteiger partial charge in [0.1, 0.15) is 33.0 Å². The smallest absolute Gasteiger partial charge is 0.333 e. The van der Waals surface area contributed by atoms with E-state index < -0.39 is 34.6 Å². The number of carbonyl (C=O) groups excluding carboxylic acids is 1. The molecule has 0 fully saturated rings. The number of nitrogens with one attached hydrogen (secondary N) is 1. The Hall–Kier alpha value is -3.92. The molecule has 0 aliphatic rings. The molecule has 0 radical (unpaired) electrons. The van der Waals surface area contributed by atoms with Crippen molar-refractivity contribution in [2.75, 3.05) is 20.3 Å². The van der Waals surface area contributed by atoms with E-state index in [0.29, 0.717) is 21.9 Å². The van der Waals surface area contributed by atoms with Gasteiger partial charge in [-0.2, -0.15) is 10.2 Å². The largest absolute Gasteiger partial charge is 0.496 e. The van der Waals surface area contributed by atoms with Crippen LogP contribution < -0.4 is 21.5 Å². The van der Waals surface area contributed by atoms with Crippen LogP contribution in [0, 0.1) is 12.7 Å². The Morgan fingerprint density at radius 3 is 2.58 bits per heavy atom. The fourth-order valence-electron chi connectivity index (χ4n) is 4.39. The molecule has 4 rings (SSSR count). The number of hydrogen-bond acceptors (Lipinski definition) is 10. The van der Waals surface area contributed by atoms with Crippen molar-refractivity contribution in [2.24, 2.45) is 0 Å². The number of aromatic nitrogens is 5. The average Bonchev–Trinajstić information content (AvgIpc) is 3.57. The molecular weight excluding hydrogens is 547 g/mol. The highest BCUT2D eigenvalue weighted by atomic mass is 32.1. The first-order valence-corrected chi connectivity index (χ1v) is 13.0. The zero-order valence-corrected chi connectivity index (χ0v) is 23.1. The van der Waals surface area contributed by atoms with Crippen LogP contribution in [-0.2, 0) is 21.6 Å². The first kappa shape index (κ1) is 29.1. The van der Waals surface area contributed by atoms with E-state index in [4.69, 9.17) is 9.47 Å². The second kappa shape index (κ2) is 11.7. The monoisotopic (exact) mass is 576 g/mol. The third-order valence-corrected chi connectivity index (χ3v) is 7.79. The predicted molar refractivity (Wildman–Crippen MR) is 143 cm³/mol. The second-order valence-electron chi connectivity index (χ2n) is 9.39. The molecule has 15 heteroatoms. The Balaban J connectivity index is 2.03. The Kier molecular flexibility index (Phi) is 8.48. The molecule has 214 valence electrons. The zero-order valence-electron chi connectivity index (χ0n) is 22.3. The number of carbonyl (C=O) groups is 1. The number of thiophene rings is 1. The number of aliphatic hydroxyl groups excluding tert-OH is 1. The number of halogens is 1. The van der Waals surface area contributed by atoms with E-state index >= 15 is 0 Å². The summed E-state index contributed by atoms with van der Waals surface area (Å²) in [4.78, 5) is 42.0. The lowest BCUT2D eigenvalue weighted by Gasteiger charge is -2.27. The van der Waals surface area contributed by atoms with Crippen LogP contribution in [0.2, 0.25) is 0 Å². The van der Waals surface area contributed by atoms with Crippen molar-refractivity contribution in [3.63, 3.8) is 0 Å². The van der Waals surface area contributed by atoms with Crippen molar-refractivity contribution in [2.45, 2.75) is 45.4 Å². The van der Waals surface area contributed by atoms with Crippen LogP contribution in [0.15, 0.2) is 40.2 Å². The topological polar surface area (TPSA) is 163 Å². The van der Waals surface area contributed by atoms with Crippen LogP contribution in [-0.4, -0.2) is 60.7 Å². The van der Waals surface area contributed by atoms with Crippen LogP contribution in [0.25, 0.3) is 15.2 Å². The summed E-state index contributed by atoms with van der Waals surface area (Å²) in [5, 5.41) is 27.5. The van der Waals surface area contributed by atoms with Crippen LogP contribution in [0.3, 0.4) is 0 Å². The number of benzene rings is 1. The third kappa shape index (κ3) is 5.15. The van der Waals surface area contributed by atoms with Gasteiger partial charge in [-0.3, -0.25) is 19.4 Å². The van der Waals surface area contributed by atoms with Gasteiger partial charge in [0.15, 0.2) is 0 Å². The van der Waals surface area contributed by atoms with Gasteiger partial charge in [-0.05, 0) is 45.4 Å². The lowest BCUT2D eigenvalue weighted by molar-refractivity contribution is -0.137. The minimum absolute atomic E-state index is 0.0721. The molecule has 1 aromatic carbocycles. The van der Waals surface area contributed by atoms with Crippen molar-refractivity contribution in [1.82, 2.24) is 29.6 Å². The number of methoxy groups -OCH3 is 1. The molecular formula is C25H29FN6O7S. The van der Waals surface area contributed by atoms with Gasteiger partial charge in [0.05, 0.1) is 31.4 Å². The van der Waals surface area contributed by atoms with E-state index in [0.717, 1.165) is 15.9 Å². The second-order valence-corrected chi connectivity index (χ2v) is 10.4. The molecule has 3 aromatic heterocycles. The number of hydroxylamine groups is 1. The summed E-state index contributed by atoms with van der Waals surface area (Å²) in [6.45, 7) is 4.01. The molecule has 40 heavy (non-hydrogen) atoms. The molecule has 0 aliphatic carbocycles. The Morgan fingerprint density at radius 2 is 1.95 bits per heavy atom. The van der Waals surface area contributed by atoms with E-state index in [1.807, 2.05) is 0 Å². The molecule has 0 spiro atoms. The maximum absolute atomic E-state index is 14.4. The standard InChI is InChI=1S/C25H29FN6O7S/c1-14-19-20(34)31(25(2,3)23(35)29-37)24(36)30(22(19)40-21(14)32-27-8-9-28-32)13-18(39-11-5-10-33)16-12-15(26)6-7-17(16)38-4/h6-9,12,18,33,37H,5,10-11,13H2,1-4H3,(H,29,35)/t18-/m0/s1. The van der Waals surface area contributed by atoms with Gasteiger partial charge in [0.25, 0.3) is 11.5 Å². The minimum Gasteiger partial charge on any atom is -0.496 e. The summed E-state index contributed by atoms with van der Waals surface area (Å²) in [6.07, 6.45) is 2.23. The first-order valence-electron chi connectivity index (χ1n) is 12.2. The lowest BCUT2D eigenvalue weighted by Crippen LogP contribution is -2.55. The van der Waals surface area contributed by atoms with Gasteiger partial charge in [-0.1, -0.05) is 11.3 Å². The van der Waals surface area contributed by atoms with Crippen molar-refractivity contribution >= 4 is 27.5 Å². The number of nitrogens with zero attached hydrogens (tertiary/aromatic N) is 5. The highest BCUT2D eigenvalue weighted by Gasteiger charge is 2.36. The number of amides is 1. The molecule has 4 aromatic rings. The fraction of sp³-hybridized carbons (Fsp3) is 0.400. The molecule has 3 N–H and O–H groups in total. The maximum atomic E-state index is 14.4. The molecule has 0 bridgehead atoms. The summed E-state index contributed by atoms with van der Waals surface area (Å²) in [5.74, 6) is -1.24. The van der Waals surface area contributed by atoms with Gasteiger partial charge in [-0.15, -0.1) is 4.80 Å². The van der Waals surface area contributed by atoms with Crippen molar-refractivity contribution in [3.8, 4) is 10.8 Å². The molecule has 1 amide bonds. The van der Waals surface area contributed by atoms with E-state index in [9.17, 15) is 29.1 Å². The van der Waals surface area contributed by atoms with Gasteiger partial charge in [-0.25, -0.2) is 19.2 Å². The first-order chi connectivity index (χ1) is 19.1.